The van der Waals surface area contributed by atoms with Crippen molar-refractivity contribution < 1.29 is 28.0 Å². The minimum Gasteiger partial charge on any atom is -0.455 e. The van der Waals surface area contributed by atoms with Gasteiger partial charge in [-0.05, 0) is 36.4 Å². The number of hydrogen-bond donors (Lipinski definition) is 1. The minimum absolute atomic E-state index is 0.0225. The number of aromatic nitrogens is 1. The molecule has 150 valence electrons. The SMILES string of the molecule is NC(=O)CCN(C(=O)COC(=O)Cc1noc2ccccc12)c1ccc(F)cc1. The first-order valence-electron chi connectivity index (χ1n) is 8.77. The van der Waals surface area contributed by atoms with Crippen molar-refractivity contribution in [3.05, 3.63) is 60.0 Å². The Morgan fingerprint density at radius 3 is 2.55 bits per heavy atom. The molecule has 0 radical (unpaired) electrons. The number of halogens is 1. The molecule has 29 heavy (non-hydrogen) atoms. The summed E-state index contributed by atoms with van der Waals surface area (Å²) in [7, 11) is 0. The molecule has 1 heterocycles. The highest BCUT2D eigenvalue weighted by Crippen LogP contribution is 2.19. The fourth-order valence-corrected chi connectivity index (χ4v) is 2.71. The zero-order valence-electron chi connectivity index (χ0n) is 15.3. The molecule has 0 saturated carbocycles. The van der Waals surface area contributed by atoms with Gasteiger partial charge in [-0.15, -0.1) is 0 Å². The van der Waals surface area contributed by atoms with Gasteiger partial charge in [-0.2, -0.15) is 0 Å². The highest BCUT2D eigenvalue weighted by molar-refractivity contribution is 5.96. The normalized spacial score (nSPS) is 10.7. The lowest BCUT2D eigenvalue weighted by molar-refractivity contribution is -0.147. The van der Waals surface area contributed by atoms with Crippen LogP contribution in [0.1, 0.15) is 12.1 Å². The number of rotatable bonds is 8. The Labute approximate surface area is 165 Å². The second-order valence-electron chi connectivity index (χ2n) is 6.20. The third-order valence-corrected chi connectivity index (χ3v) is 4.14. The van der Waals surface area contributed by atoms with Gasteiger partial charge in [-0.3, -0.25) is 14.4 Å². The van der Waals surface area contributed by atoms with E-state index in [1.165, 1.54) is 29.2 Å². The highest BCUT2D eigenvalue weighted by Gasteiger charge is 2.20. The molecule has 0 bridgehead atoms. The van der Waals surface area contributed by atoms with E-state index in [2.05, 4.69) is 5.16 Å². The summed E-state index contributed by atoms with van der Waals surface area (Å²) in [5, 5.41) is 4.53. The number of fused-ring (bicyclic) bond motifs is 1. The molecule has 2 amide bonds. The maximum atomic E-state index is 13.2. The molecule has 0 aliphatic carbocycles. The van der Waals surface area contributed by atoms with Gasteiger partial charge in [-0.25, -0.2) is 4.39 Å². The Kier molecular flexibility index (Phi) is 6.18. The van der Waals surface area contributed by atoms with Crippen LogP contribution < -0.4 is 10.6 Å². The van der Waals surface area contributed by atoms with Gasteiger partial charge in [-0.1, -0.05) is 17.3 Å². The largest absolute Gasteiger partial charge is 0.455 e. The molecule has 0 fully saturated rings. The number of benzene rings is 2. The van der Waals surface area contributed by atoms with E-state index in [0.29, 0.717) is 22.4 Å². The van der Waals surface area contributed by atoms with Crippen LogP contribution in [0, 0.1) is 5.82 Å². The van der Waals surface area contributed by atoms with Gasteiger partial charge in [0.1, 0.15) is 11.5 Å². The predicted octanol–water partition coefficient (Wildman–Crippen LogP) is 1.96. The zero-order chi connectivity index (χ0) is 20.8. The van der Waals surface area contributed by atoms with Crippen LogP contribution in [0.15, 0.2) is 53.1 Å². The maximum absolute atomic E-state index is 13.2. The number of anilines is 1. The summed E-state index contributed by atoms with van der Waals surface area (Å²) in [5.74, 6) is -2.30. The molecule has 0 unspecified atom stereocenters. The standard InChI is InChI=1S/C20H18FN3O5/c21-13-5-7-14(8-6-13)24(10-9-18(22)25)19(26)12-28-20(27)11-16-15-3-1-2-4-17(15)29-23-16/h1-8H,9-12H2,(H2,22,25). The summed E-state index contributed by atoms with van der Waals surface area (Å²) in [4.78, 5) is 37.0. The number of hydrogen-bond acceptors (Lipinski definition) is 6. The van der Waals surface area contributed by atoms with E-state index < -0.39 is 30.2 Å². The number of amides is 2. The zero-order valence-corrected chi connectivity index (χ0v) is 15.3. The molecule has 2 aromatic carbocycles. The van der Waals surface area contributed by atoms with Crippen LogP contribution in [0.25, 0.3) is 11.0 Å². The number of para-hydroxylation sites is 1. The van der Waals surface area contributed by atoms with Gasteiger partial charge in [0.2, 0.25) is 5.91 Å². The summed E-state index contributed by atoms with van der Waals surface area (Å²) in [6, 6.07) is 12.2. The first kappa shape index (κ1) is 20.0. The Morgan fingerprint density at radius 1 is 1.10 bits per heavy atom. The monoisotopic (exact) mass is 399 g/mol. The number of nitrogens with two attached hydrogens (primary N) is 1. The Hall–Kier alpha value is -3.75. The number of carbonyl (C=O) groups excluding carboxylic acids is 3. The van der Waals surface area contributed by atoms with Crippen molar-refractivity contribution in [2.24, 2.45) is 5.73 Å². The Morgan fingerprint density at radius 2 is 1.83 bits per heavy atom. The van der Waals surface area contributed by atoms with Gasteiger partial charge in [0, 0.05) is 24.0 Å². The van der Waals surface area contributed by atoms with Crippen LogP contribution in [0.3, 0.4) is 0 Å². The molecular formula is C20H18FN3O5. The number of esters is 1. The molecule has 8 nitrogen and oxygen atoms in total. The van der Waals surface area contributed by atoms with E-state index in [1.807, 2.05) is 0 Å². The van der Waals surface area contributed by atoms with Gasteiger partial charge >= 0.3 is 5.97 Å². The lowest BCUT2D eigenvalue weighted by atomic mass is 10.2. The van der Waals surface area contributed by atoms with Crippen LogP contribution in [0.2, 0.25) is 0 Å². The fourth-order valence-electron chi connectivity index (χ4n) is 2.71. The van der Waals surface area contributed by atoms with Crippen LogP contribution >= 0.6 is 0 Å². The van der Waals surface area contributed by atoms with Crippen LogP contribution in [0.5, 0.6) is 0 Å². The quantitative estimate of drug-likeness (QED) is 0.579. The average Bonchev–Trinajstić information content (AvgIpc) is 3.10. The van der Waals surface area contributed by atoms with E-state index >= 15 is 0 Å². The van der Waals surface area contributed by atoms with E-state index in [0.717, 1.165) is 0 Å². The maximum Gasteiger partial charge on any atom is 0.312 e. The van der Waals surface area contributed by atoms with Crippen molar-refractivity contribution in [3.8, 4) is 0 Å². The lowest BCUT2D eigenvalue weighted by Crippen LogP contribution is -2.37. The van der Waals surface area contributed by atoms with Crippen molar-refractivity contribution in [1.82, 2.24) is 5.16 Å². The molecule has 0 spiro atoms. The van der Waals surface area contributed by atoms with Crippen molar-refractivity contribution in [2.75, 3.05) is 18.1 Å². The Bertz CT molecular complexity index is 1030. The molecule has 9 heteroatoms. The third-order valence-electron chi connectivity index (χ3n) is 4.14. The van der Waals surface area contributed by atoms with Crippen LogP contribution in [-0.4, -0.2) is 36.1 Å². The molecule has 3 aromatic rings. The lowest BCUT2D eigenvalue weighted by Gasteiger charge is -2.22. The molecule has 3 rings (SSSR count). The van der Waals surface area contributed by atoms with Crippen molar-refractivity contribution in [2.45, 2.75) is 12.8 Å². The molecule has 1 aromatic heterocycles. The first-order chi connectivity index (χ1) is 13.9. The molecule has 0 saturated heterocycles. The summed E-state index contributed by atoms with van der Waals surface area (Å²) in [5.41, 5.74) is 6.45. The first-order valence-corrected chi connectivity index (χ1v) is 8.77. The van der Waals surface area contributed by atoms with E-state index in [1.54, 1.807) is 24.3 Å². The number of nitrogens with zero attached hydrogens (tertiary/aromatic N) is 2. The summed E-state index contributed by atoms with van der Waals surface area (Å²) in [6.45, 7) is -0.573. The van der Waals surface area contributed by atoms with Crippen molar-refractivity contribution in [1.29, 1.82) is 0 Å². The second kappa shape index (κ2) is 8.96. The molecule has 0 atom stereocenters. The van der Waals surface area contributed by atoms with E-state index in [4.69, 9.17) is 15.0 Å². The smallest absolute Gasteiger partial charge is 0.312 e. The number of ether oxygens (including phenoxy) is 1. The van der Waals surface area contributed by atoms with E-state index in [-0.39, 0.29) is 19.4 Å². The number of carbonyl (C=O) groups is 3. The molecule has 0 aliphatic heterocycles. The van der Waals surface area contributed by atoms with Gasteiger partial charge in [0.15, 0.2) is 12.2 Å². The third kappa shape index (κ3) is 5.16. The van der Waals surface area contributed by atoms with Gasteiger partial charge in [0.05, 0.1) is 6.42 Å². The van der Waals surface area contributed by atoms with Crippen LogP contribution in [0.4, 0.5) is 10.1 Å². The summed E-state index contributed by atoms with van der Waals surface area (Å²) >= 11 is 0. The van der Waals surface area contributed by atoms with E-state index in [9.17, 15) is 18.8 Å². The summed E-state index contributed by atoms with van der Waals surface area (Å²) < 4.78 is 23.3. The number of primary amides is 1. The molecule has 2 N–H and O–H groups in total. The average molecular weight is 399 g/mol. The van der Waals surface area contributed by atoms with Crippen LogP contribution in [-0.2, 0) is 25.5 Å². The summed E-state index contributed by atoms with van der Waals surface area (Å²) in [6.07, 6.45) is -0.260. The molecule has 0 aliphatic rings. The van der Waals surface area contributed by atoms with Crippen molar-refractivity contribution >= 4 is 34.4 Å². The minimum atomic E-state index is -0.661. The Balaban J connectivity index is 1.63. The van der Waals surface area contributed by atoms with Gasteiger partial charge in [0.25, 0.3) is 5.91 Å². The molecular weight excluding hydrogens is 381 g/mol. The van der Waals surface area contributed by atoms with Gasteiger partial charge < -0.3 is 19.9 Å². The highest BCUT2D eigenvalue weighted by atomic mass is 19.1. The fraction of sp³-hybridized carbons (Fsp3) is 0.200. The second-order valence-corrected chi connectivity index (χ2v) is 6.20. The van der Waals surface area contributed by atoms with Crippen molar-refractivity contribution in [3.63, 3.8) is 0 Å². The topological polar surface area (TPSA) is 116 Å². The predicted molar refractivity (Wildman–Crippen MR) is 101 cm³/mol.